The van der Waals surface area contributed by atoms with Gasteiger partial charge in [-0.3, -0.25) is 10.4 Å². The van der Waals surface area contributed by atoms with Gasteiger partial charge in [-0.1, -0.05) is 17.8 Å². The van der Waals surface area contributed by atoms with Gasteiger partial charge in [0.2, 0.25) is 0 Å². The predicted molar refractivity (Wildman–Crippen MR) is 52.2 cm³/mol. The molecule has 1 aromatic heterocycles. The highest BCUT2D eigenvalue weighted by molar-refractivity contribution is 8.13. The largest absolute Gasteiger partial charge is 0.379 e. The van der Waals surface area contributed by atoms with E-state index in [9.17, 15) is 0 Å². The van der Waals surface area contributed by atoms with Crippen LogP contribution < -0.4 is 5.73 Å². The van der Waals surface area contributed by atoms with Gasteiger partial charge in [-0.05, 0) is 19.1 Å². The van der Waals surface area contributed by atoms with Crippen molar-refractivity contribution in [1.82, 2.24) is 4.98 Å². The van der Waals surface area contributed by atoms with Gasteiger partial charge in [0.1, 0.15) is 0 Å². The Morgan fingerprint density at radius 1 is 1.67 bits per heavy atom. The van der Waals surface area contributed by atoms with Gasteiger partial charge in [0.25, 0.3) is 0 Å². The van der Waals surface area contributed by atoms with Gasteiger partial charge in [-0.2, -0.15) is 0 Å². The van der Waals surface area contributed by atoms with E-state index in [2.05, 4.69) is 4.98 Å². The second kappa shape index (κ2) is 4.11. The summed E-state index contributed by atoms with van der Waals surface area (Å²) in [5.74, 6) is 0.678. The van der Waals surface area contributed by atoms with Crippen LogP contribution in [0.25, 0.3) is 0 Å². The molecule has 4 heteroatoms. The molecule has 0 atom stereocenters. The molecule has 1 rings (SSSR count). The number of nitrogens with two attached hydrogens (primary N) is 1. The SMILES string of the molecule is Cc1cccc(CSC(=N)N)n1. The van der Waals surface area contributed by atoms with Crippen molar-refractivity contribution >= 4 is 16.9 Å². The summed E-state index contributed by atoms with van der Waals surface area (Å²) in [6, 6.07) is 5.84. The van der Waals surface area contributed by atoms with E-state index in [1.165, 1.54) is 11.8 Å². The third kappa shape index (κ3) is 2.92. The Morgan fingerprint density at radius 3 is 3.00 bits per heavy atom. The van der Waals surface area contributed by atoms with Crippen molar-refractivity contribution in [2.45, 2.75) is 12.7 Å². The number of nitrogens with zero attached hydrogens (tertiary/aromatic N) is 1. The van der Waals surface area contributed by atoms with E-state index in [0.29, 0.717) is 5.75 Å². The Morgan fingerprint density at radius 2 is 2.42 bits per heavy atom. The summed E-state index contributed by atoms with van der Waals surface area (Å²) in [6.45, 7) is 1.95. The molecular weight excluding hydrogens is 170 g/mol. The molecule has 1 aromatic rings. The van der Waals surface area contributed by atoms with Crippen molar-refractivity contribution in [3.8, 4) is 0 Å². The van der Waals surface area contributed by atoms with E-state index in [1.807, 2.05) is 25.1 Å². The summed E-state index contributed by atoms with van der Waals surface area (Å²) in [5, 5.41) is 7.15. The second-order valence-electron chi connectivity index (χ2n) is 2.42. The smallest absolute Gasteiger partial charge is 0.151 e. The molecule has 0 aliphatic carbocycles. The number of amidine groups is 1. The van der Waals surface area contributed by atoms with Crippen LogP contribution in [0, 0.1) is 12.3 Å². The fourth-order valence-electron chi connectivity index (χ4n) is 0.832. The normalized spacial score (nSPS) is 9.75. The number of pyridine rings is 1. The van der Waals surface area contributed by atoms with Gasteiger partial charge >= 0.3 is 0 Å². The van der Waals surface area contributed by atoms with Gasteiger partial charge < -0.3 is 5.73 Å². The molecule has 0 saturated carbocycles. The lowest BCUT2D eigenvalue weighted by Gasteiger charge is -1.99. The molecule has 0 aliphatic rings. The average molecular weight is 181 g/mol. The molecule has 0 spiro atoms. The lowest BCUT2D eigenvalue weighted by molar-refractivity contribution is 1.11. The van der Waals surface area contributed by atoms with E-state index >= 15 is 0 Å². The summed E-state index contributed by atoms with van der Waals surface area (Å²) in [5.41, 5.74) is 7.16. The highest BCUT2D eigenvalue weighted by Crippen LogP contribution is 2.08. The molecule has 0 radical (unpaired) electrons. The minimum atomic E-state index is 0.137. The third-order valence-corrected chi connectivity index (χ3v) is 2.07. The summed E-state index contributed by atoms with van der Waals surface area (Å²) >= 11 is 1.29. The number of hydrogen-bond acceptors (Lipinski definition) is 3. The number of hydrogen-bond donors (Lipinski definition) is 2. The first-order chi connectivity index (χ1) is 5.68. The lowest BCUT2D eigenvalue weighted by atomic mass is 10.3. The number of rotatable bonds is 2. The zero-order valence-electron chi connectivity index (χ0n) is 6.87. The third-order valence-electron chi connectivity index (χ3n) is 1.32. The van der Waals surface area contributed by atoms with Crippen LogP contribution in [0.1, 0.15) is 11.4 Å². The van der Waals surface area contributed by atoms with E-state index in [1.54, 1.807) is 0 Å². The minimum Gasteiger partial charge on any atom is -0.379 e. The Kier molecular flexibility index (Phi) is 3.10. The molecule has 0 amide bonds. The summed E-state index contributed by atoms with van der Waals surface area (Å²) in [4.78, 5) is 4.27. The first-order valence-corrected chi connectivity index (χ1v) is 4.56. The van der Waals surface area contributed by atoms with Crippen LogP contribution in [-0.4, -0.2) is 10.2 Å². The summed E-state index contributed by atoms with van der Waals surface area (Å²) < 4.78 is 0. The Bertz CT molecular complexity index is 285. The number of aryl methyl sites for hydroxylation is 1. The molecular formula is C8H11N3S. The zero-order chi connectivity index (χ0) is 8.97. The van der Waals surface area contributed by atoms with Crippen molar-refractivity contribution in [1.29, 1.82) is 5.41 Å². The molecule has 0 saturated heterocycles. The maximum absolute atomic E-state index is 7.01. The molecule has 0 aliphatic heterocycles. The molecule has 3 nitrogen and oxygen atoms in total. The van der Waals surface area contributed by atoms with Gasteiger partial charge in [0, 0.05) is 11.4 Å². The Labute approximate surface area is 75.9 Å². The number of nitrogens with one attached hydrogen (secondary N) is 1. The molecule has 0 aromatic carbocycles. The van der Waals surface area contributed by atoms with Gasteiger partial charge in [0.05, 0.1) is 5.69 Å². The molecule has 0 unspecified atom stereocenters. The van der Waals surface area contributed by atoms with Crippen LogP contribution in [0.15, 0.2) is 18.2 Å². The van der Waals surface area contributed by atoms with Gasteiger partial charge in [0.15, 0.2) is 5.17 Å². The van der Waals surface area contributed by atoms with E-state index in [-0.39, 0.29) is 5.17 Å². The monoisotopic (exact) mass is 181 g/mol. The van der Waals surface area contributed by atoms with Gasteiger partial charge in [-0.15, -0.1) is 0 Å². The van der Waals surface area contributed by atoms with Crippen LogP contribution >= 0.6 is 11.8 Å². The molecule has 0 fully saturated rings. The maximum atomic E-state index is 7.01. The van der Waals surface area contributed by atoms with Crippen molar-refractivity contribution < 1.29 is 0 Å². The van der Waals surface area contributed by atoms with E-state index in [0.717, 1.165) is 11.4 Å². The Hall–Kier alpha value is -1.03. The zero-order valence-corrected chi connectivity index (χ0v) is 7.69. The van der Waals surface area contributed by atoms with E-state index in [4.69, 9.17) is 11.1 Å². The highest BCUT2D eigenvalue weighted by atomic mass is 32.2. The van der Waals surface area contributed by atoms with Crippen molar-refractivity contribution in [2.75, 3.05) is 0 Å². The molecule has 3 N–H and O–H groups in total. The minimum absolute atomic E-state index is 0.137. The molecule has 12 heavy (non-hydrogen) atoms. The standard InChI is InChI=1S/C8H11N3S/c1-6-3-2-4-7(11-6)5-12-8(9)10/h2-4H,5H2,1H3,(H3,9,10). The van der Waals surface area contributed by atoms with E-state index < -0.39 is 0 Å². The fourth-order valence-corrected chi connectivity index (χ4v) is 1.30. The predicted octanol–water partition coefficient (Wildman–Crippen LogP) is 1.52. The maximum Gasteiger partial charge on any atom is 0.151 e. The van der Waals surface area contributed by atoms with Crippen molar-refractivity contribution in [2.24, 2.45) is 5.73 Å². The van der Waals surface area contributed by atoms with Gasteiger partial charge in [-0.25, -0.2) is 0 Å². The molecule has 64 valence electrons. The summed E-state index contributed by atoms with van der Waals surface area (Å²) in [7, 11) is 0. The van der Waals surface area contributed by atoms with Crippen LogP contribution in [0.4, 0.5) is 0 Å². The summed E-state index contributed by atoms with van der Waals surface area (Å²) in [6.07, 6.45) is 0. The number of thioether (sulfide) groups is 1. The van der Waals surface area contributed by atoms with Crippen LogP contribution in [-0.2, 0) is 5.75 Å². The topological polar surface area (TPSA) is 62.8 Å². The lowest BCUT2D eigenvalue weighted by Crippen LogP contribution is -2.04. The van der Waals surface area contributed by atoms with Crippen molar-refractivity contribution in [3.63, 3.8) is 0 Å². The van der Waals surface area contributed by atoms with Crippen LogP contribution in [0.2, 0.25) is 0 Å². The second-order valence-corrected chi connectivity index (χ2v) is 3.44. The van der Waals surface area contributed by atoms with Crippen LogP contribution in [0.3, 0.4) is 0 Å². The molecule has 1 heterocycles. The van der Waals surface area contributed by atoms with Crippen molar-refractivity contribution in [3.05, 3.63) is 29.6 Å². The quantitative estimate of drug-likeness (QED) is 0.537. The Balaban J connectivity index is 2.57. The fraction of sp³-hybridized carbons (Fsp3) is 0.250. The number of aromatic nitrogens is 1. The first-order valence-electron chi connectivity index (χ1n) is 3.58. The first kappa shape index (κ1) is 9.06. The van der Waals surface area contributed by atoms with Crippen LogP contribution in [0.5, 0.6) is 0 Å². The molecule has 0 bridgehead atoms. The highest BCUT2D eigenvalue weighted by Gasteiger charge is 1.96. The average Bonchev–Trinajstić information content (AvgIpc) is 2.01.